The standard InChI is InChI=1S/C30H36ClN5OS/c1-22-11-6-9-18-36(22)26-20-27(37-25-14-4-2-5-15-25)34-28(33-26)35-29(38)32-21-30(16-7-3-8-17-30)23-12-10-13-24(31)19-23/h2,4-5,10,12-15,19-20,22H,3,6-9,11,16-18,21H2,1H3,(H2,32,33,34,35,38). The number of nitrogens with one attached hydrogen (secondary N) is 2. The summed E-state index contributed by atoms with van der Waals surface area (Å²) in [5.41, 5.74) is 1.28. The molecule has 200 valence electrons. The lowest BCUT2D eigenvalue weighted by Crippen LogP contribution is -2.43. The number of aromatic nitrogens is 2. The Kier molecular flexibility index (Phi) is 8.65. The maximum absolute atomic E-state index is 6.37. The van der Waals surface area contributed by atoms with E-state index in [1.165, 1.54) is 31.2 Å². The van der Waals surface area contributed by atoms with Crippen molar-refractivity contribution >= 4 is 40.7 Å². The molecule has 1 atom stereocenters. The Hall–Kier alpha value is -2.90. The molecule has 0 radical (unpaired) electrons. The molecule has 1 aliphatic heterocycles. The topological polar surface area (TPSA) is 62.3 Å². The highest BCUT2D eigenvalue weighted by Gasteiger charge is 2.34. The average molecular weight is 550 g/mol. The van der Waals surface area contributed by atoms with E-state index in [-0.39, 0.29) is 5.41 Å². The highest BCUT2D eigenvalue weighted by Crippen LogP contribution is 2.40. The lowest BCUT2D eigenvalue weighted by atomic mass is 9.69. The Labute approximate surface area is 236 Å². The van der Waals surface area contributed by atoms with Gasteiger partial charge in [-0.2, -0.15) is 9.97 Å². The van der Waals surface area contributed by atoms with E-state index in [0.717, 1.165) is 55.4 Å². The zero-order valence-electron chi connectivity index (χ0n) is 22.0. The second kappa shape index (κ2) is 12.3. The predicted octanol–water partition coefficient (Wildman–Crippen LogP) is 7.49. The van der Waals surface area contributed by atoms with Gasteiger partial charge in [-0.05, 0) is 81.1 Å². The van der Waals surface area contributed by atoms with Crippen molar-refractivity contribution in [2.45, 2.75) is 69.7 Å². The minimum atomic E-state index is 0.00239. The van der Waals surface area contributed by atoms with Crippen molar-refractivity contribution in [3.05, 3.63) is 71.2 Å². The Bertz CT molecular complexity index is 1230. The lowest BCUT2D eigenvalue weighted by molar-refractivity contribution is 0.292. The summed E-state index contributed by atoms with van der Waals surface area (Å²) < 4.78 is 6.11. The molecule has 1 saturated heterocycles. The first-order valence-corrected chi connectivity index (χ1v) is 14.5. The number of benzene rings is 2. The molecular weight excluding hydrogens is 514 g/mol. The van der Waals surface area contributed by atoms with Crippen LogP contribution >= 0.6 is 23.8 Å². The van der Waals surface area contributed by atoms with E-state index < -0.39 is 0 Å². The number of halogens is 1. The molecule has 5 rings (SSSR count). The van der Waals surface area contributed by atoms with Gasteiger partial charge in [0.1, 0.15) is 11.6 Å². The van der Waals surface area contributed by atoms with Gasteiger partial charge in [0.05, 0.1) is 0 Å². The first-order chi connectivity index (χ1) is 18.5. The smallest absolute Gasteiger partial charge is 0.234 e. The molecule has 2 fully saturated rings. The zero-order chi connectivity index (χ0) is 26.4. The molecule has 3 aromatic rings. The van der Waals surface area contributed by atoms with Crippen molar-refractivity contribution in [3.8, 4) is 11.6 Å². The molecule has 1 aromatic heterocycles. The first-order valence-electron chi connectivity index (χ1n) is 13.7. The third-order valence-electron chi connectivity index (χ3n) is 7.81. The van der Waals surface area contributed by atoms with Crippen LogP contribution in [0.3, 0.4) is 0 Å². The highest BCUT2D eigenvalue weighted by atomic mass is 35.5. The fraction of sp³-hybridized carbons (Fsp3) is 0.433. The molecule has 1 unspecified atom stereocenters. The van der Waals surface area contributed by atoms with Gasteiger partial charge in [0.15, 0.2) is 5.11 Å². The summed E-state index contributed by atoms with van der Waals surface area (Å²) in [5.74, 6) is 2.51. The normalized spacial score (nSPS) is 19.0. The van der Waals surface area contributed by atoms with E-state index >= 15 is 0 Å². The van der Waals surface area contributed by atoms with Gasteiger partial charge in [-0.1, -0.05) is 61.2 Å². The van der Waals surface area contributed by atoms with E-state index in [1.54, 1.807) is 0 Å². The minimum absolute atomic E-state index is 0.00239. The summed E-state index contributed by atoms with van der Waals surface area (Å²) in [5, 5.41) is 8.01. The molecule has 0 spiro atoms. The van der Waals surface area contributed by atoms with Gasteiger partial charge in [0.25, 0.3) is 0 Å². The minimum Gasteiger partial charge on any atom is -0.439 e. The number of piperidine rings is 1. The predicted molar refractivity (Wildman–Crippen MR) is 160 cm³/mol. The molecular formula is C30H36ClN5OS. The fourth-order valence-electron chi connectivity index (χ4n) is 5.73. The molecule has 2 aromatic carbocycles. The second-order valence-electron chi connectivity index (χ2n) is 10.5. The van der Waals surface area contributed by atoms with Gasteiger partial charge in [0, 0.05) is 35.6 Å². The van der Waals surface area contributed by atoms with Gasteiger partial charge < -0.3 is 20.3 Å². The van der Waals surface area contributed by atoms with Crippen LogP contribution in [0.1, 0.15) is 63.9 Å². The molecule has 8 heteroatoms. The fourth-order valence-corrected chi connectivity index (χ4v) is 6.08. The average Bonchev–Trinajstić information content (AvgIpc) is 2.93. The summed E-state index contributed by atoms with van der Waals surface area (Å²) >= 11 is 12.1. The molecule has 1 aliphatic carbocycles. The van der Waals surface area contributed by atoms with Crippen molar-refractivity contribution in [1.82, 2.24) is 15.3 Å². The lowest BCUT2D eigenvalue weighted by Gasteiger charge is -2.38. The van der Waals surface area contributed by atoms with Crippen LogP contribution in [0.5, 0.6) is 11.6 Å². The molecule has 2 N–H and O–H groups in total. The SMILES string of the molecule is CC1CCCCN1c1cc(Oc2ccccc2)nc(NC(=S)NCC2(c3cccc(Cl)c3)CCCCC2)n1. The van der Waals surface area contributed by atoms with Crippen LogP contribution in [-0.2, 0) is 5.41 Å². The quantitative estimate of drug-likeness (QED) is 0.296. The van der Waals surface area contributed by atoms with E-state index in [0.29, 0.717) is 23.0 Å². The summed E-state index contributed by atoms with van der Waals surface area (Å²) in [4.78, 5) is 11.8. The summed E-state index contributed by atoms with van der Waals surface area (Å²) in [7, 11) is 0. The number of hydrogen-bond donors (Lipinski definition) is 2. The molecule has 2 aliphatic rings. The Morgan fingerprint density at radius 1 is 1.03 bits per heavy atom. The van der Waals surface area contributed by atoms with Gasteiger partial charge in [-0.3, -0.25) is 0 Å². The molecule has 1 saturated carbocycles. The van der Waals surface area contributed by atoms with Crippen molar-refractivity contribution in [2.75, 3.05) is 23.3 Å². The number of nitrogens with zero attached hydrogens (tertiary/aromatic N) is 3. The van der Waals surface area contributed by atoms with Crippen LogP contribution in [0.25, 0.3) is 0 Å². The number of rotatable bonds is 7. The van der Waals surface area contributed by atoms with Crippen LogP contribution < -0.4 is 20.3 Å². The van der Waals surface area contributed by atoms with Crippen molar-refractivity contribution in [3.63, 3.8) is 0 Å². The van der Waals surface area contributed by atoms with E-state index in [1.807, 2.05) is 48.5 Å². The third-order valence-corrected chi connectivity index (χ3v) is 8.29. The number of ether oxygens (including phenoxy) is 1. The molecule has 6 nitrogen and oxygen atoms in total. The van der Waals surface area contributed by atoms with Gasteiger partial charge in [0.2, 0.25) is 11.8 Å². The van der Waals surface area contributed by atoms with Crippen LogP contribution in [0.4, 0.5) is 11.8 Å². The molecule has 0 bridgehead atoms. The Morgan fingerprint density at radius 2 is 1.84 bits per heavy atom. The summed E-state index contributed by atoms with van der Waals surface area (Å²) in [6.45, 7) is 3.94. The second-order valence-corrected chi connectivity index (χ2v) is 11.3. The van der Waals surface area contributed by atoms with E-state index in [2.05, 4.69) is 39.6 Å². The zero-order valence-corrected chi connectivity index (χ0v) is 23.5. The van der Waals surface area contributed by atoms with Gasteiger partial charge >= 0.3 is 0 Å². The maximum Gasteiger partial charge on any atom is 0.234 e. The van der Waals surface area contributed by atoms with Gasteiger partial charge in [-0.25, -0.2) is 0 Å². The summed E-state index contributed by atoms with van der Waals surface area (Å²) in [6.07, 6.45) is 9.42. The van der Waals surface area contributed by atoms with Crippen molar-refractivity contribution in [2.24, 2.45) is 0 Å². The van der Waals surface area contributed by atoms with Crippen molar-refractivity contribution in [1.29, 1.82) is 0 Å². The van der Waals surface area contributed by atoms with E-state index in [9.17, 15) is 0 Å². The maximum atomic E-state index is 6.37. The number of para-hydroxylation sites is 1. The van der Waals surface area contributed by atoms with E-state index in [4.69, 9.17) is 33.5 Å². The Balaban J connectivity index is 1.34. The van der Waals surface area contributed by atoms with Crippen LogP contribution in [-0.4, -0.2) is 34.2 Å². The highest BCUT2D eigenvalue weighted by molar-refractivity contribution is 7.80. The van der Waals surface area contributed by atoms with Crippen LogP contribution in [0, 0.1) is 0 Å². The Morgan fingerprint density at radius 3 is 2.61 bits per heavy atom. The molecule has 0 amide bonds. The monoisotopic (exact) mass is 549 g/mol. The third kappa shape index (κ3) is 6.56. The van der Waals surface area contributed by atoms with Gasteiger partial charge in [-0.15, -0.1) is 0 Å². The summed E-state index contributed by atoms with van der Waals surface area (Å²) in [6, 6.07) is 20.3. The van der Waals surface area contributed by atoms with Crippen LogP contribution in [0.2, 0.25) is 5.02 Å². The molecule has 38 heavy (non-hydrogen) atoms. The number of anilines is 2. The first kappa shape index (κ1) is 26.7. The number of hydrogen-bond acceptors (Lipinski definition) is 5. The molecule has 2 heterocycles. The largest absolute Gasteiger partial charge is 0.439 e. The number of thiocarbonyl (C=S) groups is 1. The van der Waals surface area contributed by atoms with Crippen molar-refractivity contribution < 1.29 is 4.74 Å². The van der Waals surface area contributed by atoms with Crippen LogP contribution in [0.15, 0.2) is 60.7 Å².